The minimum Gasteiger partial charge on any atom is -0.496 e. The van der Waals surface area contributed by atoms with Crippen molar-refractivity contribution in [2.75, 3.05) is 13.7 Å². The Balaban J connectivity index is 1.75. The molecule has 0 aliphatic carbocycles. The Labute approximate surface area is 137 Å². The number of rotatable bonds is 4. The summed E-state index contributed by atoms with van der Waals surface area (Å²) in [6, 6.07) is 16.6. The summed E-state index contributed by atoms with van der Waals surface area (Å²) in [5.74, 6) is 1.22. The van der Waals surface area contributed by atoms with Crippen LogP contribution >= 0.6 is 11.6 Å². The van der Waals surface area contributed by atoms with Gasteiger partial charge in [-0.2, -0.15) is 0 Å². The molecule has 2 nitrogen and oxygen atoms in total. The predicted octanol–water partition coefficient (Wildman–Crippen LogP) is 4.23. The first kappa shape index (κ1) is 15.4. The molecule has 1 heterocycles. The Morgan fingerprint density at radius 3 is 2.77 bits per heavy atom. The molecule has 0 bridgehead atoms. The molecule has 0 N–H and O–H groups in total. The maximum absolute atomic E-state index is 6.70. The van der Waals surface area contributed by atoms with Gasteiger partial charge in [0.05, 0.1) is 20.3 Å². The third kappa shape index (κ3) is 3.45. The van der Waals surface area contributed by atoms with Gasteiger partial charge in [0.15, 0.2) is 0 Å². The number of methoxy groups -OCH3 is 1. The molecule has 2 aromatic carbocycles. The molecular formula is C19H21ClO2. The highest BCUT2D eigenvalue weighted by Gasteiger charge is 2.25. The Morgan fingerprint density at radius 2 is 2.00 bits per heavy atom. The van der Waals surface area contributed by atoms with Crippen LogP contribution in [0.5, 0.6) is 5.75 Å². The van der Waals surface area contributed by atoms with Crippen LogP contribution in [-0.2, 0) is 24.2 Å². The van der Waals surface area contributed by atoms with Crippen molar-refractivity contribution in [3.05, 3.63) is 65.2 Å². The fraction of sp³-hybridized carbons (Fsp3) is 0.368. The molecule has 2 unspecified atom stereocenters. The third-order valence-electron chi connectivity index (χ3n) is 4.30. The second-order valence-electron chi connectivity index (χ2n) is 5.78. The highest BCUT2D eigenvalue weighted by Crippen LogP contribution is 2.31. The van der Waals surface area contributed by atoms with Gasteiger partial charge in [-0.05, 0) is 30.0 Å². The molecule has 0 saturated heterocycles. The van der Waals surface area contributed by atoms with Gasteiger partial charge < -0.3 is 9.47 Å². The van der Waals surface area contributed by atoms with Gasteiger partial charge in [0.1, 0.15) is 5.75 Å². The molecule has 0 spiro atoms. The lowest BCUT2D eigenvalue weighted by Crippen LogP contribution is -2.23. The van der Waals surface area contributed by atoms with Crippen molar-refractivity contribution in [1.82, 2.24) is 0 Å². The van der Waals surface area contributed by atoms with Gasteiger partial charge in [-0.15, -0.1) is 11.6 Å². The van der Waals surface area contributed by atoms with E-state index in [-0.39, 0.29) is 5.38 Å². The van der Waals surface area contributed by atoms with E-state index in [1.165, 1.54) is 11.1 Å². The lowest BCUT2D eigenvalue weighted by atomic mass is 9.91. The highest BCUT2D eigenvalue weighted by molar-refractivity contribution is 6.21. The number of halogens is 1. The molecular weight excluding hydrogens is 296 g/mol. The molecule has 0 fully saturated rings. The van der Waals surface area contributed by atoms with Crippen molar-refractivity contribution in [3.8, 4) is 5.75 Å². The molecule has 0 aromatic heterocycles. The van der Waals surface area contributed by atoms with Gasteiger partial charge in [-0.1, -0.05) is 42.5 Å². The molecule has 1 aliphatic rings. The van der Waals surface area contributed by atoms with Crippen LogP contribution in [0.25, 0.3) is 0 Å². The Bertz CT molecular complexity index is 612. The van der Waals surface area contributed by atoms with Crippen molar-refractivity contribution in [1.29, 1.82) is 0 Å². The molecule has 22 heavy (non-hydrogen) atoms. The number of ether oxygens (including phenoxy) is 2. The van der Waals surface area contributed by atoms with E-state index >= 15 is 0 Å². The van der Waals surface area contributed by atoms with E-state index in [4.69, 9.17) is 21.1 Å². The Morgan fingerprint density at radius 1 is 1.18 bits per heavy atom. The zero-order valence-corrected chi connectivity index (χ0v) is 13.6. The summed E-state index contributed by atoms with van der Waals surface area (Å²) in [5, 5.41) is 0.0690. The van der Waals surface area contributed by atoms with Crippen LogP contribution in [0.3, 0.4) is 0 Å². The minimum atomic E-state index is 0.0690. The topological polar surface area (TPSA) is 18.5 Å². The number of fused-ring (bicyclic) bond motifs is 1. The summed E-state index contributed by atoms with van der Waals surface area (Å²) < 4.78 is 11.3. The number of benzene rings is 2. The van der Waals surface area contributed by atoms with Gasteiger partial charge in [0.2, 0.25) is 0 Å². The van der Waals surface area contributed by atoms with Gasteiger partial charge in [-0.25, -0.2) is 0 Å². The van der Waals surface area contributed by atoms with Gasteiger partial charge >= 0.3 is 0 Å². The van der Waals surface area contributed by atoms with Crippen LogP contribution in [0.2, 0.25) is 0 Å². The average molecular weight is 317 g/mol. The van der Waals surface area contributed by atoms with Crippen LogP contribution in [0.15, 0.2) is 48.5 Å². The summed E-state index contributed by atoms with van der Waals surface area (Å²) in [4.78, 5) is 0. The molecule has 0 radical (unpaired) electrons. The van der Waals surface area contributed by atoms with E-state index in [0.717, 1.165) is 24.2 Å². The lowest BCUT2D eigenvalue weighted by Gasteiger charge is -2.20. The maximum atomic E-state index is 6.70. The molecule has 2 aromatic rings. The SMILES string of the molecule is COc1cccc2c1COCC(C(Cl)Cc1ccccc1)C2. The predicted molar refractivity (Wildman–Crippen MR) is 89.6 cm³/mol. The third-order valence-corrected chi connectivity index (χ3v) is 4.81. The van der Waals surface area contributed by atoms with Gasteiger partial charge in [0, 0.05) is 16.9 Å². The van der Waals surface area contributed by atoms with Crippen LogP contribution in [0, 0.1) is 5.92 Å². The smallest absolute Gasteiger partial charge is 0.124 e. The quantitative estimate of drug-likeness (QED) is 0.786. The Kier molecular flexibility index (Phi) is 5.01. The van der Waals surface area contributed by atoms with E-state index in [9.17, 15) is 0 Å². The lowest BCUT2D eigenvalue weighted by molar-refractivity contribution is 0.0923. The summed E-state index contributed by atoms with van der Waals surface area (Å²) in [6.45, 7) is 1.30. The summed E-state index contributed by atoms with van der Waals surface area (Å²) in [6.07, 6.45) is 1.81. The first-order valence-corrected chi connectivity index (χ1v) is 8.12. The standard InChI is InChI=1S/C19H21ClO2/c1-21-19-9-5-8-15-11-16(12-22-13-17(15)19)18(20)10-14-6-3-2-4-7-14/h2-9,16,18H,10-13H2,1H3. The molecule has 0 amide bonds. The highest BCUT2D eigenvalue weighted by atomic mass is 35.5. The molecule has 2 atom stereocenters. The molecule has 1 aliphatic heterocycles. The zero-order valence-electron chi connectivity index (χ0n) is 12.8. The van der Waals surface area contributed by atoms with Gasteiger partial charge in [0.25, 0.3) is 0 Å². The molecule has 0 saturated carbocycles. The van der Waals surface area contributed by atoms with Crippen molar-refractivity contribution in [2.45, 2.75) is 24.8 Å². The van der Waals surface area contributed by atoms with Crippen molar-refractivity contribution in [2.24, 2.45) is 5.92 Å². The molecule has 3 heteroatoms. The molecule has 116 valence electrons. The fourth-order valence-corrected chi connectivity index (χ4v) is 3.39. The Hall–Kier alpha value is -1.51. The van der Waals surface area contributed by atoms with E-state index in [0.29, 0.717) is 19.1 Å². The van der Waals surface area contributed by atoms with E-state index < -0.39 is 0 Å². The second kappa shape index (κ2) is 7.17. The monoisotopic (exact) mass is 316 g/mol. The first-order valence-electron chi connectivity index (χ1n) is 7.68. The number of hydrogen-bond donors (Lipinski definition) is 0. The fourth-order valence-electron chi connectivity index (χ4n) is 3.05. The minimum absolute atomic E-state index is 0.0690. The van der Waals surface area contributed by atoms with Crippen molar-refractivity contribution < 1.29 is 9.47 Å². The van der Waals surface area contributed by atoms with E-state index in [1.807, 2.05) is 18.2 Å². The summed E-state index contributed by atoms with van der Waals surface area (Å²) in [5.41, 5.74) is 3.73. The van der Waals surface area contributed by atoms with Crippen LogP contribution in [0.1, 0.15) is 16.7 Å². The van der Waals surface area contributed by atoms with Gasteiger partial charge in [-0.3, -0.25) is 0 Å². The van der Waals surface area contributed by atoms with E-state index in [2.05, 4.69) is 30.3 Å². The van der Waals surface area contributed by atoms with Crippen LogP contribution in [0.4, 0.5) is 0 Å². The number of alkyl halides is 1. The summed E-state index contributed by atoms with van der Waals surface area (Å²) >= 11 is 6.70. The largest absolute Gasteiger partial charge is 0.496 e. The zero-order chi connectivity index (χ0) is 15.4. The van der Waals surface area contributed by atoms with Crippen molar-refractivity contribution >= 4 is 11.6 Å². The van der Waals surface area contributed by atoms with Crippen LogP contribution < -0.4 is 4.74 Å². The first-order chi connectivity index (χ1) is 10.8. The van der Waals surface area contributed by atoms with Crippen LogP contribution in [-0.4, -0.2) is 19.1 Å². The van der Waals surface area contributed by atoms with Crippen molar-refractivity contribution in [3.63, 3.8) is 0 Å². The number of hydrogen-bond acceptors (Lipinski definition) is 2. The summed E-state index contributed by atoms with van der Waals surface area (Å²) in [7, 11) is 1.71. The maximum Gasteiger partial charge on any atom is 0.124 e. The second-order valence-corrected chi connectivity index (χ2v) is 6.34. The molecule has 3 rings (SSSR count). The van der Waals surface area contributed by atoms with E-state index in [1.54, 1.807) is 7.11 Å². The normalized spacial score (nSPS) is 19.1. The average Bonchev–Trinajstić information content (AvgIpc) is 2.78.